The molecule has 0 bridgehead atoms. The third-order valence-electron chi connectivity index (χ3n) is 4.84. The summed E-state index contributed by atoms with van der Waals surface area (Å²) in [5.74, 6) is 0.259. The average Bonchev–Trinajstić information content (AvgIpc) is 2.78. The minimum atomic E-state index is -0.251. The van der Waals surface area contributed by atoms with Crippen LogP contribution in [0, 0.1) is 0 Å². The number of carbonyl (C=O) groups is 2. The molecule has 0 aliphatic carbocycles. The zero-order valence-corrected chi connectivity index (χ0v) is 17.3. The number of hydrogen-bond acceptors (Lipinski definition) is 3. The van der Waals surface area contributed by atoms with Gasteiger partial charge in [0.15, 0.2) is 0 Å². The number of rotatable bonds is 8. The van der Waals surface area contributed by atoms with Gasteiger partial charge in [-0.15, -0.1) is 0 Å². The molecule has 1 N–H and O–H groups in total. The van der Waals surface area contributed by atoms with Gasteiger partial charge in [0.05, 0.1) is 7.11 Å². The average molecular weight is 402 g/mol. The number of carbonyl (C=O) groups excluding carboxylic acids is 2. The summed E-state index contributed by atoms with van der Waals surface area (Å²) in [5, 5.41) is 2.83. The zero-order chi connectivity index (χ0) is 21.3. The minimum absolute atomic E-state index is 0.0216. The standard InChI is InChI=1S/C25H26N2O3/c1-3-27(18-24(28)26-21-13-9-14-22(17-21)30-2)25(29)23-15-8-7-12-20(23)16-19-10-5-4-6-11-19/h4-15,17H,3,16,18H2,1-2H3,(H,26,28). The molecule has 0 aliphatic rings. The molecule has 3 aromatic carbocycles. The Hall–Kier alpha value is -3.60. The first-order valence-corrected chi connectivity index (χ1v) is 9.95. The van der Waals surface area contributed by atoms with Gasteiger partial charge in [0.25, 0.3) is 5.91 Å². The van der Waals surface area contributed by atoms with Crippen LogP contribution in [0.25, 0.3) is 0 Å². The second kappa shape index (κ2) is 10.3. The van der Waals surface area contributed by atoms with Crippen molar-refractivity contribution in [3.8, 4) is 5.75 Å². The van der Waals surface area contributed by atoms with Crippen LogP contribution in [-0.2, 0) is 11.2 Å². The first kappa shape index (κ1) is 21.1. The Morgan fingerprint density at radius 3 is 2.40 bits per heavy atom. The summed E-state index contributed by atoms with van der Waals surface area (Å²) in [4.78, 5) is 27.3. The Labute approximate surface area is 177 Å². The van der Waals surface area contributed by atoms with E-state index in [9.17, 15) is 9.59 Å². The van der Waals surface area contributed by atoms with E-state index in [0.717, 1.165) is 11.1 Å². The van der Waals surface area contributed by atoms with Gasteiger partial charge in [-0.3, -0.25) is 9.59 Å². The van der Waals surface area contributed by atoms with Gasteiger partial charge in [0.2, 0.25) is 5.91 Å². The summed E-state index contributed by atoms with van der Waals surface area (Å²) < 4.78 is 5.18. The van der Waals surface area contributed by atoms with Crippen molar-refractivity contribution in [2.45, 2.75) is 13.3 Å². The summed E-state index contributed by atoms with van der Waals surface area (Å²) in [5.41, 5.74) is 3.33. The van der Waals surface area contributed by atoms with Crippen molar-refractivity contribution < 1.29 is 14.3 Å². The number of nitrogens with zero attached hydrogens (tertiary/aromatic N) is 1. The van der Waals surface area contributed by atoms with Crippen LogP contribution in [0.1, 0.15) is 28.4 Å². The lowest BCUT2D eigenvalue weighted by atomic mass is 9.99. The molecule has 0 saturated carbocycles. The number of hydrogen-bond donors (Lipinski definition) is 1. The van der Waals surface area contributed by atoms with Crippen LogP contribution < -0.4 is 10.1 Å². The van der Waals surface area contributed by atoms with Gasteiger partial charge in [0.1, 0.15) is 12.3 Å². The summed E-state index contributed by atoms with van der Waals surface area (Å²) >= 11 is 0. The lowest BCUT2D eigenvalue weighted by molar-refractivity contribution is -0.116. The molecular weight excluding hydrogens is 376 g/mol. The van der Waals surface area contributed by atoms with Crippen LogP contribution >= 0.6 is 0 Å². The molecule has 0 saturated heterocycles. The molecule has 0 aliphatic heterocycles. The Morgan fingerprint density at radius 1 is 0.933 bits per heavy atom. The van der Waals surface area contributed by atoms with E-state index in [4.69, 9.17) is 4.74 Å². The van der Waals surface area contributed by atoms with Crippen LogP contribution in [-0.4, -0.2) is 36.9 Å². The quantitative estimate of drug-likeness (QED) is 0.608. The summed E-state index contributed by atoms with van der Waals surface area (Å²) in [6.07, 6.45) is 0.663. The fourth-order valence-electron chi connectivity index (χ4n) is 3.27. The highest BCUT2D eigenvalue weighted by atomic mass is 16.5. The van der Waals surface area contributed by atoms with E-state index in [-0.39, 0.29) is 18.4 Å². The van der Waals surface area contributed by atoms with Crippen LogP contribution in [0.4, 0.5) is 5.69 Å². The first-order valence-electron chi connectivity index (χ1n) is 9.95. The van der Waals surface area contributed by atoms with Crippen molar-refractivity contribution >= 4 is 17.5 Å². The Kier molecular flexibility index (Phi) is 7.22. The maximum atomic E-state index is 13.2. The highest BCUT2D eigenvalue weighted by Gasteiger charge is 2.20. The highest BCUT2D eigenvalue weighted by molar-refractivity contribution is 6.00. The maximum absolute atomic E-state index is 13.2. The molecule has 0 heterocycles. The van der Waals surface area contributed by atoms with Crippen LogP contribution in [0.2, 0.25) is 0 Å². The zero-order valence-electron chi connectivity index (χ0n) is 17.3. The number of benzene rings is 3. The van der Waals surface area contributed by atoms with Gasteiger partial charge in [0, 0.05) is 23.9 Å². The third kappa shape index (κ3) is 5.47. The van der Waals surface area contributed by atoms with Crippen LogP contribution in [0.15, 0.2) is 78.9 Å². The third-order valence-corrected chi connectivity index (χ3v) is 4.84. The molecule has 0 radical (unpaired) electrons. The van der Waals surface area contributed by atoms with Gasteiger partial charge in [-0.25, -0.2) is 0 Å². The monoisotopic (exact) mass is 402 g/mol. The van der Waals surface area contributed by atoms with E-state index in [2.05, 4.69) is 5.32 Å². The topological polar surface area (TPSA) is 58.6 Å². The second-order valence-electron chi connectivity index (χ2n) is 6.92. The molecule has 0 unspecified atom stereocenters. The van der Waals surface area contributed by atoms with Crippen LogP contribution in [0.5, 0.6) is 5.75 Å². The lowest BCUT2D eigenvalue weighted by Crippen LogP contribution is -2.38. The lowest BCUT2D eigenvalue weighted by Gasteiger charge is -2.22. The van der Waals surface area contributed by atoms with Crippen molar-refractivity contribution in [1.82, 2.24) is 4.90 Å². The van der Waals surface area contributed by atoms with Crippen molar-refractivity contribution in [3.63, 3.8) is 0 Å². The molecule has 0 atom stereocenters. The van der Waals surface area contributed by atoms with E-state index >= 15 is 0 Å². The van der Waals surface area contributed by atoms with E-state index in [0.29, 0.717) is 30.0 Å². The fraction of sp³-hybridized carbons (Fsp3) is 0.200. The molecule has 0 spiro atoms. The SMILES string of the molecule is CCN(CC(=O)Nc1cccc(OC)c1)C(=O)c1ccccc1Cc1ccccc1. The number of nitrogens with one attached hydrogen (secondary N) is 1. The van der Waals surface area contributed by atoms with Crippen molar-refractivity contribution in [2.75, 3.05) is 25.5 Å². The Morgan fingerprint density at radius 2 is 1.67 bits per heavy atom. The van der Waals surface area contributed by atoms with Gasteiger partial charge in [-0.1, -0.05) is 54.6 Å². The van der Waals surface area contributed by atoms with E-state index in [1.165, 1.54) is 0 Å². The van der Waals surface area contributed by atoms with E-state index < -0.39 is 0 Å². The van der Waals surface area contributed by atoms with Crippen molar-refractivity contribution in [3.05, 3.63) is 95.6 Å². The maximum Gasteiger partial charge on any atom is 0.254 e. The van der Waals surface area contributed by atoms with Gasteiger partial charge >= 0.3 is 0 Å². The molecule has 2 amide bonds. The molecule has 3 rings (SSSR count). The summed E-state index contributed by atoms with van der Waals surface area (Å²) in [6.45, 7) is 2.28. The largest absolute Gasteiger partial charge is 0.497 e. The Balaban J connectivity index is 1.72. The Bertz CT molecular complexity index is 1000. The molecule has 0 fully saturated rings. The number of amides is 2. The molecule has 30 heavy (non-hydrogen) atoms. The molecular formula is C25H26N2O3. The number of ether oxygens (including phenoxy) is 1. The minimum Gasteiger partial charge on any atom is -0.497 e. The number of anilines is 1. The summed E-state index contributed by atoms with van der Waals surface area (Å²) in [7, 11) is 1.57. The molecule has 5 nitrogen and oxygen atoms in total. The first-order chi connectivity index (χ1) is 14.6. The molecule has 5 heteroatoms. The van der Waals surface area contributed by atoms with Crippen molar-refractivity contribution in [2.24, 2.45) is 0 Å². The van der Waals surface area contributed by atoms with Gasteiger partial charge in [-0.05, 0) is 42.7 Å². The van der Waals surface area contributed by atoms with Crippen LogP contribution in [0.3, 0.4) is 0 Å². The van der Waals surface area contributed by atoms with E-state index in [1.54, 1.807) is 36.3 Å². The normalized spacial score (nSPS) is 10.3. The molecule has 0 aromatic heterocycles. The predicted molar refractivity (Wildman–Crippen MR) is 119 cm³/mol. The summed E-state index contributed by atoms with van der Waals surface area (Å²) in [6, 6.07) is 24.7. The van der Waals surface area contributed by atoms with Gasteiger partial charge in [-0.2, -0.15) is 0 Å². The highest BCUT2D eigenvalue weighted by Crippen LogP contribution is 2.18. The van der Waals surface area contributed by atoms with Gasteiger partial charge < -0.3 is 15.0 Å². The number of likely N-dealkylation sites (N-methyl/N-ethyl adjacent to an activating group) is 1. The van der Waals surface area contributed by atoms with Crippen molar-refractivity contribution in [1.29, 1.82) is 0 Å². The molecule has 3 aromatic rings. The second-order valence-corrected chi connectivity index (χ2v) is 6.92. The predicted octanol–water partition coefficient (Wildman–Crippen LogP) is 4.39. The van der Waals surface area contributed by atoms with E-state index in [1.807, 2.05) is 61.5 Å². The fourth-order valence-corrected chi connectivity index (χ4v) is 3.27. The smallest absolute Gasteiger partial charge is 0.254 e. The number of methoxy groups -OCH3 is 1. The molecule has 154 valence electrons.